The van der Waals surface area contributed by atoms with Crippen LogP contribution in [0.5, 0.6) is 5.75 Å². The zero-order valence-corrected chi connectivity index (χ0v) is 6.91. The van der Waals surface area contributed by atoms with Crippen LogP contribution in [-0.4, -0.2) is 13.0 Å². The fraction of sp³-hybridized carbons (Fsp3) is 0.125. The highest BCUT2D eigenvalue weighted by atomic mass is 16.5. The van der Waals surface area contributed by atoms with E-state index in [2.05, 4.69) is 0 Å². The van der Waals surface area contributed by atoms with Crippen molar-refractivity contribution in [2.24, 2.45) is 5.73 Å². The van der Waals surface area contributed by atoms with Gasteiger partial charge in [-0.2, -0.15) is 0 Å². The van der Waals surface area contributed by atoms with E-state index in [0.29, 0.717) is 11.3 Å². The molecule has 1 aromatic carbocycles. The average Bonchev–Trinajstić information content (AvgIpc) is 2.04. The van der Waals surface area contributed by atoms with Gasteiger partial charge in [-0.3, -0.25) is 4.79 Å². The van der Waals surface area contributed by atoms with Crippen LogP contribution in [0.25, 0.3) is 0 Å². The molecule has 5 N–H and O–H groups in total. The summed E-state index contributed by atoms with van der Waals surface area (Å²) in [4.78, 5) is 10.7. The van der Waals surface area contributed by atoms with Crippen LogP contribution in [0.2, 0.25) is 0 Å². The molecule has 0 bridgehead atoms. The van der Waals surface area contributed by atoms with Crippen molar-refractivity contribution in [2.45, 2.75) is 0 Å². The van der Waals surface area contributed by atoms with Gasteiger partial charge in [-0.15, -0.1) is 0 Å². The van der Waals surface area contributed by atoms with Gasteiger partial charge in [0.05, 0.1) is 12.7 Å². The topological polar surface area (TPSA) is 87.3 Å². The number of rotatable bonds is 2. The molecule has 4 nitrogen and oxygen atoms in total. The molecule has 1 amide bonds. The molecule has 0 unspecified atom stereocenters. The first-order chi connectivity index (χ1) is 5.25. The summed E-state index contributed by atoms with van der Waals surface area (Å²) in [5.74, 6) is 0.0439. The number of carbonyl (C=O) groups excluding carboxylic acids is 1. The largest absolute Gasteiger partial charge is 0.496 e. The first-order valence-electron chi connectivity index (χ1n) is 3.18. The summed E-state index contributed by atoms with van der Waals surface area (Å²) >= 11 is 0. The van der Waals surface area contributed by atoms with Crippen molar-refractivity contribution < 1.29 is 9.53 Å². The fourth-order valence-electron chi connectivity index (χ4n) is 0.848. The van der Waals surface area contributed by atoms with Crippen LogP contribution in [0.4, 0.5) is 0 Å². The van der Waals surface area contributed by atoms with Gasteiger partial charge in [-0.05, 0) is 12.1 Å². The number of amides is 1. The van der Waals surface area contributed by atoms with E-state index in [-0.39, 0.29) is 6.15 Å². The molecule has 12 heavy (non-hydrogen) atoms. The maximum Gasteiger partial charge on any atom is 0.252 e. The number of nitrogens with two attached hydrogens (primary N) is 1. The van der Waals surface area contributed by atoms with Gasteiger partial charge in [0.15, 0.2) is 0 Å². The molecular formula is C8H12N2O2. The lowest BCUT2D eigenvalue weighted by molar-refractivity contribution is 0.0997. The molecule has 1 aromatic rings. The second kappa shape index (κ2) is 4.35. The summed E-state index contributed by atoms with van der Waals surface area (Å²) in [7, 11) is 1.50. The van der Waals surface area contributed by atoms with E-state index in [9.17, 15) is 4.79 Å². The van der Waals surface area contributed by atoms with Crippen molar-refractivity contribution >= 4 is 5.91 Å². The van der Waals surface area contributed by atoms with E-state index in [1.165, 1.54) is 7.11 Å². The minimum atomic E-state index is -0.470. The van der Waals surface area contributed by atoms with Gasteiger partial charge in [0.1, 0.15) is 5.75 Å². The molecule has 0 aliphatic rings. The van der Waals surface area contributed by atoms with Crippen LogP contribution in [0.3, 0.4) is 0 Å². The van der Waals surface area contributed by atoms with Crippen LogP contribution in [0, 0.1) is 0 Å². The van der Waals surface area contributed by atoms with Gasteiger partial charge in [0.25, 0.3) is 5.91 Å². The highest BCUT2D eigenvalue weighted by Gasteiger charge is 2.05. The highest BCUT2D eigenvalue weighted by Crippen LogP contribution is 2.15. The molecule has 0 radical (unpaired) electrons. The number of para-hydroxylation sites is 1. The molecule has 0 heterocycles. The SMILES string of the molecule is COc1ccccc1C(N)=O.N. The molecule has 1 rings (SSSR count). The Balaban J connectivity index is 0.00000121. The Morgan fingerprint density at radius 2 is 2.00 bits per heavy atom. The number of benzene rings is 1. The Bertz CT molecular complexity index is 274. The van der Waals surface area contributed by atoms with Gasteiger partial charge in [0, 0.05) is 0 Å². The fourth-order valence-corrected chi connectivity index (χ4v) is 0.848. The van der Waals surface area contributed by atoms with E-state index >= 15 is 0 Å². The molecule has 0 saturated carbocycles. The first kappa shape index (κ1) is 10.4. The maximum atomic E-state index is 10.7. The number of primary amides is 1. The van der Waals surface area contributed by atoms with E-state index < -0.39 is 5.91 Å². The normalized spacial score (nSPS) is 8.42. The van der Waals surface area contributed by atoms with Crippen molar-refractivity contribution in [1.82, 2.24) is 6.15 Å². The summed E-state index contributed by atoms with van der Waals surface area (Å²) in [6.45, 7) is 0. The summed E-state index contributed by atoms with van der Waals surface area (Å²) in [5.41, 5.74) is 5.48. The van der Waals surface area contributed by atoms with E-state index in [4.69, 9.17) is 10.5 Å². The Kier molecular flexibility index (Phi) is 3.79. The highest BCUT2D eigenvalue weighted by molar-refractivity contribution is 5.95. The minimum absolute atomic E-state index is 0. The molecular weight excluding hydrogens is 156 g/mol. The maximum absolute atomic E-state index is 10.7. The molecule has 4 heteroatoms. The molecule has 0 saturated heterocycles. The number of methoxy groups -OCH3 is 1. The lowest BCUT2D eigenvalue weighted by Crippen LogP contribution is -2.11. The van der Waals surface area contributed by atoms with E-state index in [0.717, 1.165) is 0 Å². The van der Waals surface area contributed by atoms with Gasteiger partial charge in [-0.1, -0.05) is 12.1 Å². The number of ether oxygens (including phenoxy) is 1. The zero-order valence-electron chi connectivity index (χ0n) is 6.91. The van der Waals surface area contributed by atoms with Crippen molar-refractivity contribution in [3.8, 4) is 5.75 Å². The molecule has 0 atom stereocenters. The van der Waals surface area contributed by atoms with Crippen molar-refractivity contribution in [3.05, 3.63) is 29.8 Å². The van der Waals surface area contributed by atoms with Gasteiger partial charge in [0.2, 0.25) is 0 Å². The Morgan fingerprint density at radius 1 is 1.42 bits per heavy atom. The number of hydrogen-bond donors (Lipinski definition) is 2. The second-order valence-corrected chi connectivity index (χ2v) is 2.06. The average molecular weight is 168 g/mol. The smallest absolute Gasteiger partial charge is 0.252 e. The van der Waals surface area contributed by atoms with Crippen LogP contribution < -0.4 is 16.6 Å². The van der Waals surface area contributed by atoms with Crippen LogP contribution in [-0.2, 0) is 0 Å². The number of hydrogen-bond acceptors (Lipinski definition) is 3. The Hall–Kier alpha value is -1.55. The van der Waals surface area contributed by atoms with Crippen LogP contribution in [0.15, 0.2) is 24.3 Å². The number of carbonyl (C=O) groups is 1. The second-order valence-electron chi connectivity index (χ2n) is 2.06. The molecule has 0 aliphatic heterocycles. The zero-order chi connectivity index (χ0) is 8.27. The van der Waals surface area contributed by atoms with Crippen molar-refractivity contribution in [3.63, 3.8) is 0 Å². The third-order valence-corrected chi connectivity index (χ3v) is 1.37. The molecule has 0 fully saturated rings. The molecule has 66 valence electrons. The van der Waals surface area contributed by atoms with Gasteiger partial charge < -0.3 is 16.6 Å². The van der Waals surface area contributed by atoms with E-state index in [1.807, 2.05) is 0 Å². The quantitative estimate of drug-likeness (QED) is 0.689. The lowest BCUT2D eigenvalue weighted by Gasteiger charge is -2.02. The van der Waals surface area contributed by atoms with E-state index in [1.54, 1.807) is 24.3 Å². The van der Waals surface area contributed by atoms with Gasteiger partial charge in [-0.25, -0.2) is 0 Å². The monoisotopic (exact) mass is 168 g/mol. The minimum Gasteiger partial charge on any atom is -0.496 e. The molecule has 0 spiro atoms. The summed E-state index contributed by atoms with van der Waals surface area (Å²) in [6.07, 6.45) is 0. The summed E-state index contributed by atoms with van der Waals surface area (Å²) < 4.78 is 4.91. The van der Waals surface area contributed by atoms with Crippen LogP contribution in [0.1, 0.15) is 10.4 Å². The third-order valence-electron chi connectivity index (χ3n) is 1.37. The predicted molar refractivity (Wildman–Crippen MR) is 46.5 cm³/mol. The standard InChI is InChI=1S/C8H9NO2.H3N/c1-11-7-5-3-2-4-6(7)8(9)10;/h2-5H,1H3,(H2,9,10);1H3. The Labute approximate surface area is 70.9 Å². The van der Waals surface area contributed by atoms with Crippen molar-refractivity contribution in [1.29, 1.82) is 0 Å². The molecule has 0 aliphatic carbocycles. The lowest BCUT2D eigenvalue weighted by atomic mass is 10.2. The van der Waals surface area contributed by atoms with Gasteiger partial charge >= 0.3 is 0 Å². The predicted octanol–water partition coefficient (Wildman–Crippen LogP) is 0.956. The molecule has 0 aromatic heterocycles. The first-order valence-corrected chi connectivity index (χ1v) is 3.18. The summed E-state index contributed by atoms with van der Waals surface area (Å²) in [6, 6.07) is 6.84. The Morgan fingerprint density at radius 3 is 2.42 bits per heavy atom. The van der Waals surface area contributed by atoms with Crippen molar-refractivity contribution in [2.75, 3.05) is 7.11 Å². The van der Waals surface area contributed by atoms with Crippen LogP contribution >= 0.6 is 0 Å². The third kappa shape index (κ3) is 1.96. The summed E-state index contributed by atoms with van der Waals surface area (Å²) in [5, 5.41) is 0.